The third-order valence-electron chi connectivity index (χ3n) is 4.07. The molecule has 0 bridgehead atoms. The molecule has 0 unspecified atom stereocenters. The lowest BCUT2D eigenvalue weighted by Gasteiger charge is -2.15. The number of benzene rings is 2. The van der Waals surface area contributed by atoms with Crippen LogP contribution in [-0.2, 0) is 10.9 Å². The molecule has 0 aliphatic carbocycles. The lowest BCUT2D eigenvalue weighted by molar-refractivity contribution is -0.139. The second kappa shape index (κ2) is 8.08. The molecule has 0 aliphatic rings. The van der Waals surface area contributed by atoms with Crippen molar-refractivity contribution in [2.24, 2.45) is 0 Å². The lowest BCUT2D eigenvalue weighted by atomic mass is 10.1. The van der Waals surface area contributed by atoms with Crippen molar-refractivity contribution in [2.45, 2.75) is 6.18 Å². The van der Waals surface area contributed by atoms with Crippen molar-refractivity contribution in [2.75, 3.05) is 25.6 Å². The average molecular weight is 414 g/mol. The van der Waals surface area contributed by atoms with Crippen LogP contribution in [0.3, 0.4) is 0 Å². The zero-order valence-electron chi connectivity index (χ0n) is 15.0. The number of rotatable bonds is 6. The van der Waals surface area contributed by atoms with Crippen LogP contribution in [0.2, 0.25) is 0 Å². The largest absolute Gasteiger partial charge is 0.491 e. The van der Waals surface area contributed by atoms with Crippen molar-refractivity contribution in [1.29, 1.82) is 0 Å². The minimum absolute atomic E-state index is 0.0607. The van der Waals surface area contributed by atoms with Crippen LogP contribution in [0.15, 0.2) is 36.5 Å². The van der Waals surface area contributed by atoms with E-state index in [0.29, 0.717) is 0 Å². The van der Waals surface area contributed by atoms with Crippen LogP contribution in [0, 0.1) is 11.6 Å². The van der Waals surface area contributed by atoms with Gasteiger partial charge < -0.3 is 19.8 Å². The van der Waals surface area contributed by atoms with Gasteiger partial charge in [0.15, 0.2) is 11.6 Å². The summed E-state index contributed by atoms with van der Waals surface area (Å²) in [5, 5.41) is 2.67. The smallest absolute Gasteiger partial charge is 0.419 e. The van der Waals surface area contributed by atoms with Crippen molar-refractivity contribution < 1.29 is 36.2 Å². The number of hydrogen-bond acceptors (Lipinski definition) is 3. The molecule has 0 aliphatic heterocycles. The Kier molecular flexibility index (Phi) is 5.73. The third-order valence-corrected chi connectivity index (χ3v) is 4.07. The fraction of sp³-hybridized carbons (Fsp3) is 0.211. The summed E-state index contributed by atoms with van der Waals surface area (Å²) in [4.78, 5) is 15.2. The molecule has 0 saturated heterocycles. The van der Waals surface area contributed by atoms with Crippen molar-refractivity contribution in [3.63, 3.8) is 0 Å². The standard InChI is InChI=1S/C19H15F5N2O3/c1-28-4-5-29-17-6-10(2-3-12(17)19(22,23)24)18(27)26-16-9-25-15-8-14(21)13(20)7-11(15)16/h2-3,6-9,25H,4-5H2,1H3,(H,26,27). The van der Waals surface area contributed by atoms with E-state index in [-0.39, 0.29) is 35.4 Å². The van der Waals surface area contributed by atoms with Gasteiger partial charge in [-0.25, -0.2) is 8.78 Å². The molecule has 1 aromatic heterocycles. The van der Waals surface area contributed by atoms with E-state index in [2.05, 4.69) is 10.3 Å². The van der Waals surface area contributed by atoms with Gasteiger partial charge in [-0.15, -0.1) is 0 Å². The zero-order chi connectivity index (χ0) is 21.2. The van der Waals surface area contributed by atoms with Gasteiger partial charge in [-0.1, -0.05) is 0 Å². The Labute approximate surface area is 161 Å². The van der Waals surface area contributed by atoms with Crippen LogP contribution in [-0.4, -0.2) is 31.2 Å². The molecule has 154 valence electrons. The number of H-pyrrole nitrogens is 1. The molecule has 29 heavy (non-hydrogen) atoms. The van der Waals surface area contributed by atoms with Gasteiger partial charge in [0.25, 0.3) is 5.91 Å². The summed E-state index contributed by atoms with van der Waals surface area (Å²) in [6.07, 6.45) is -3.35. The summed E-state index contributed by atoms with van der Waals surface area (Å²) in [5.41, 5.74) is -0.752. The molecule has 10 heteroatoms. The number of carbonyl (C=O) groups excluding carboxylic acids is 1. The summed E-state index contributed by atoms with van der Waals surface area (Å²) < 4.78 is 76.1. The van der Waals surface area contributed by atoms with Gasteiger partial charge >= 0.3 is 6.18 Å². The first kappa shape index (κ1) is 20.6. The molecule has 0 saturated carbocycles. The molecular weight excluding hydrogens is 399 g/mol. The monoisotopic (exact) mass is 414 g/mol. The summed E-state index contributed by atoms with van der Waals surface area (Å²) >= 11 is 0. The maximum atomic E-state index is 13.5. The number of ether oxygens (including phenoxy) is 2. The minimum Gasteiger partial charge on any atom is -0.491 e. The van der Waals surface area contributed by atoms with E-state index in [0.717, 1.165) is 30.3 Å². The maximum absolute atomic E-state index is 13.5. The van der Waals surface area contributed by atoms with E-state index >= 15 is 0 Å². The average Bonchev–Trinajstić information content (AvgIpc) is 3.03. The number of carbonyl (C=O) groups is 1. The van der Waals surface area contributed by atoms with Crippen LogP contribution in [0.25, 0.3) is 10.9 Å². The Morgan fingerprint density at radius 1 is 1.10 bits per heavy atom. The molecule has 0 atom stereocenters. The van der Waals surface area contributed by atoms with E-state index in [1.54, 1.807) is 0 Å². The van der Waals surface area contributed by atoms with Crippen LogP contribution < -0.4 is 10.1 Å². The maximum Gasteiger partial charge on any atom is 0.419 e. The Hall–Kier alpha value is -3.14. The number of halogens is 5. The molecule has 0 fully saturated rings. The van der Waals surface area contributed by atoms with Crippen molar-refractivity contribution in [3.8, 4) is 5.75 Å². The highest BCUT2D eigenvalue weighted by Crippen LogP contribution is 2.37. The Morgan fingerprint density at radius 2 is 1.83 bits per heavy atom. The predicted molar refractivity (Wildman–Crippen MR) is 95.0 cm³/mol. The molecular formula is C19H15F5N2O3. The van der Waals surface area contributed by atoms with E-state index < -0.39 is 35.0 Å². The van der Waals surface area contributed by atoms with Crippen LogP contribution in [0.5, 0.6) is 5.75 Å². The summed E-state index contributed by atoms with van der Waals surface area (Å²) in [5.74, 6) is -3.43. The number of anilines is 1. The molecule has 0 radical (unpaired) electrons. The van der Waals surface area contributed by atoms with Crippen LogP contribution in [0.4, 0.5) is 27.6 Å². The molecule has 1 heterocycles. The second-order valence-electron chi connectivity index (χ2n) is 6.02. The Bertz CT molecular complexity index is 1050. The van der Waals surface area contributed by atoms with E-state index in [4.69, 9.17) is 9.47 Å². The number of hydrogen-bond donors (Lipinski definition) is 2. The fourth-order valence-electron chi connectivity index (χ4n) is 2.67. The number of amides is 1. The van der Waals surface area contributed by atoms with Crippen molar-refractivity contribution in [3.05, 3.63) is 59.3 Å². The first-order valence-electron chi connectivity index (χ1n) is 8.31. The molecule has 2 N–H and O–H groups in total. The molecule has 3 aromatic rings. The molecule has 0 spiro atoms. The molecule has 2 aromatic carbocycles. The number of aromatic nitrogens is 1. The van der Waals surface area contributed by atoms with Gasteiger partial charge in [-0.05, 0) is 24.3 Å². The summed E-state index contributed by atoms with van der Waals surface area (Å²) in [6, 6.07) is 4.53. The summed E-state index contributed by atoms with van der Waals surface area (Å²) in [7, 11) is 1.37. The molecule has 5 nitrogen and oxygen atoms in total. The zero-order valence-corrected chi connectivity index (χ0v) is 15.0. The van der Waals surface area contributed by atoms with Gasteiger partial charge in [0, 0.05) is 30.3 Å². The number of aromatic amines is 1. The highest BCUT2D eigenvalue weighted by Gasteiger charge is 2.34. The first-order chi connectivity index (χ1) is 13.7. The van der Waals surface area contributed by atoms with Gasteiger partial charge in [0.2, 0.25) is 0 Å². The highest BCUT2D eigenvalue weighted by molar-refractivity contribution is 6.09. The fourth-order valence-corrected chi connectivity index (χ4v) is 2.67. The predicted octanol–water partition coefficient (Wildman–Crippen LogP) is 4.74. The Balaban J connectivity index is 1.89. The van der Waals surface area contributed by atoms with Gasteiger partial charge in [0.05, 0.1) is 23.4 Å². The van der Waals surface area contributed by atoms with E-state index in [9.17, 15) is 26.7 Å². The highest BCUT2D eigenvalue weighted by atomic mass is 19.4. The first-order valence-corrected chi connectivity index (χ1v) is 8.31. The van der Waals surface area contributed by atoms with Crippen LogP contribution >= 0.6 is 0 Å². The SMILES string of the molecule is COCCOc1cc(C(=O)Nc2c[nH]c3cc(F)c(F)cc23)ccc1C(F)(F)F. The second-order valence-corrected chi connectivity index (χ2v) is 6.02. The molecule has 3 rings (SSSR count). The van der Waals surface area contributed by atoms with Crippen molar-refractivity contribution >= 4 is 22.5 Å². The quantitative estimate of drug-likeness (QED) is 0.452. The third kappa shape index (κ3) is 4.48. The number of nitrogens with one attached hydrogen (secondary N) is 2. The van der Waals surface area contributed by atoms with Gasteiger partial charge in [-0.2, -0.15) is 13.2 Å². The lowest BCUT2D eigenvalue weighted by Crippen LogP contribution is -2.15. The topological polar surface area (TPSA) is 63.4 Å². The number of methoxy groups -OCH3 is 1. The van der Waals surface area contributed by atoms with E-state index in [1.165, 1.54) is 13.3 Å². The van der Waals surface area contributed by atoms with Gasteiger partial charge in [-0.3, -0.25) is 4.79 Å². The molecule has 1 amide bonds. The Morgan fingerprint density at radius 3 is 2.52 bits per heavy atom. The van der Waals surface area contributed by atoms with Crippen LogP contribution in [0.1, 0.15) is 15.9 Å². The minimum atomic E-state index is -4.67. The number of fused-ring (bicyclic) bond motifs is 1. The van der Waals surface area contributed by atoms with Crippen molar-refractivity contribution in [1.82, 2.24) is 4.98 Å². The van der Waals surface area contributed by atoms with Gasteiger partial charge in [0.1, 0.15) is 12.4 Å². The van der Waals surface area contributed by atoms with E-state index in [1.807, 2.05) is 0 Å². The normalized spacial score (nSPS) is 11.7. The summed E-state index contributed by atoms with van der Waals surface area (Å²) in [6.45, 7) is -0.0802. The number of alkyl halides is 3.